The van der Waals surface area contributed by atoms with E-state index in [2.05, 4.69) is 11.8 Å². The third-order valence-electron chi connectivity index (χ3n) is 3.91. The maximum Gasteiger partial charge on any atom is 0.0580 e. The molecule has 15 heavy (non-hydrogen) atoms. The predicted molar refractivity (Wildman–Crippen MR) is 62.9 cm³/mol. The van der Waals surface area contributed by atoms with Crippen molar-refractivity contribution < 1.29 is 5.11 Å². The molecule has 0 bridgehead atoms. The summed E-state index contributed by atoms with van der Waals surface area (Å²) in [5.41, 5.74) is 0. The number of aliphatic hydroxyl groups is 1. The minimum absolute atomic E-state index is 0.0168. The highest BCUT2D eigenvalue weighted by Gasteiger charge is 2.32. The minimum Gasteiger partial charge on any atom is -0.393 e. The fourth-order valence-corrected chi connectivity index (χ4v) is 2.85. The van der Waals surface area contributed by atoms with Gasteiger partial charge in [0.05, 0.1) is 6.10 Å². The minimum atomic E-state index is -0.0168. The summed E-state index contributed by atoms with van der Waals surface area (Å²) in [6, 6.07) is 0.860. The van der Waals surface area contributed by atoms with E-state index < -0.39 is 0 Å². The number of rotatable bonds is 5. The van der Waals surface area contributed by atoms with Gasteiger partial charge in [0, 0.05) is 12.6 Å². The van der Waals surface area contributed by atoms with Crippen molar-refractivity contribution in [3.05, 3.63) is 0 Å². The fourth-order valence-electron chi connectivity index (χ4n) is 2.85. The maximum absolute atomic E-state index is 9.96. The largest absolute Gasteiger partial charge is 0.393 e. The Morgan fingerprint density at radius 1 is 1.13 bits per heavy atom. The normalized spacial score (nSPS) is 32.2. The Bertz CT molecular complexity index is 189. The molecule has 2 unspecified atom stereocenters. The Kier molecular flexibility index (Phi) is 4.04. The van der Waals surface area contributed by atoms with Gasteiger partial charge in [0.25, 0.3) is 0 Å². The molecule has 2 aliphatic rings. The number of aliphatic hydroxyl groups excluding tert-OH is 1. The highest BCUT2D eigenvalue weighted by Crippen LogP contribution is 2.31. The highest BCUT2D eigenvalue weighted by atomic mass is 16.3. The molecule has 2 aliphatic carbocycles. The summed E-state index contributed by atoms with van der Waals surface area (Å²) in [4.78, 5) is 2.62. The molecule has 0 aromatic heterocycles. The van der Waals surface area contributed by atoms with Crippen molar-refractivity contribution >= 4 is 0 Å². The van der Waals surface area contributed by atoms with Crippen molar-refractivity contribution in [3.63, 3.8) is 0 Å². The van der Waals surface area contributed by atoms with Crippen LogP contribution in [0.1, 0.15) is 51.9 Å². The van der Waals surface area contributed by atoms with Gasteiger partial charge in [-0.05, 0) is 44.6 Å². The molecule has 0 aromatic rings. The van der Waals surface area contributed by atoms with Gasteiger partial charge >= 0.3 is 0 Å². The lowest BCUT2D eigenvalue weighted by molar-refractivity contribution is 0.0446. The SMILES string of the molecule is CCCN(CC1CCCCC1O)C1CC1. The van der Waals surface area contributed by atoms with Gasteiger partial charge in [0.2, 0.25) is 0 Å². The van der Waals surface area contributed by atoms with E-state index in [0.717, 1.165) is 19.0 Å². The van der Waals surface area contributed by atoms with Crippen LogP contribution in [0.15, 0.2) is 0 Å². The molecular formula is C13H25NO. The second kappa shape index (κ2) is 5.31. The van der Waals surface area contributed by atoms with Crippen LogP contribution in [0.5, 0.6) is 0 Å². The number of hydrogen-bond donors (Lipinski definition) is 1. The van der Waals surface area contributed by atoms with Crippen molar-refractivity contribution in [1.82, 2.24) is 4.90 Å². The summed E-state index contributed by atoms with van der Waals surface area (Å²) in [5.74, 6) is 0.561. The average Bonchev–Trinajstić information content (AvgIpc) is 3.04. The van der Waals surface area contributed by atoms with Crippen LogP contribution in [-0.2, 0) is 0 Å². The van der Waals surface area contributed by atoms with Gasteiger partial charge in [0.1, 0.15) is 0 Å². The smallest absolute Gasteiger partial charge is 0.0580 e. The van der Waals surface area contributed by atoms with Crippen molar-refractivity contribution in [3.8, 4) is 0 Å². The zero-order valence-electron chi connectivity index (χ0n) is 9.99. The van der Waals surface area contributed by atoms with Crippen LogP contribution >= 0.6 is 0 Å². The van der Waals surface area contributed by atoms with Gasteiger partial charge < -0.3 is 10.0 Å². The third-order valence-corrected chi connectivity index (χ3v) is 3.91. The summed E-state index contributed by atoms with van der Waals surface area (Å²) in [7, 11) is 0. The first-order valence-electron chi connectivity index (χ1n) is 6.73. The summed E-state index contributed by atoms with van der Waals surface area (Å²) < 4.78 is 0. The molecule has 0 heterocycles. The first-order chi connectivity index (χ1) is 7.31. The zero-order valence-corrected chi connectivity index (χ0v) is 9.99. The van der Waals surface area contributed by atoms with Crippen LogP contribution in [0.4, 0.5) is 0 Å². The quantitative estimate of drug-likeness (QED) is 0.755. The zero-order chi connectivity index (χ0) is 10.7. The molecule has 2 atom stereocenters. The van der Waals surface area contributed by atoms with Crippen LogP contribution in [-0.4, -0.2) is 35.2 Å². The second-order valence-corrected chi connectivity index (χ2v) is 5.34. The molecule has 0 spiro atoms. The van der Waals surface area contributed by atoms with Gasteiger partial charge in [0.15, 0.2) is 0 Å². The Labute approximate surface area is 93.7 Å². The molecule has 0 amide bonds. The Hall–Kier alpha value is -0.0800. The van der Waals surface area contributed by atoms with Gasteiger partial charge in [-0.25, -0.2) is 0 Å². The molecule has 88 valence electrons. The van der Waals surface area contributed by atoms with E-state index in [-0.39, 0.29) is 6.10 Å². The van der Waals surface area contributed by atoms with E-state index in [4.69, 9.17) is 0 Å². The number of hydrogen-bond acceptors (Lipinski definition) is 2. The summed E-state index contributed by atoms with van der Waals surface area (Å²) in [5, 5.41) is 9.96. The lowest BCUT2D eigenvalue weighted by atomic mass is 9.86. The highest BCUT2D eigenvalue weighted by molar-refractivity contribution is 4.87. The molecule has 1 N–H and O–H groups in total. The van der Waals surface area contributed by atoms with E-state index in [9.17, 15) is 5.11 Å². The molecule has 0 aliphatic heterocycles. The molecule has 0 saturated heterocycles. The molecule has 2 rings (SSSR count). The van der Waals surface area contributed by atoms with Crippen molar-refractivity contribution in [1.29, 1.82) is 0 Å². The monoisotopic (exact) mass is 211 g/mol. The maximum atomic E-state index is 9.96. The van der Waals surface area contributed by atoms with Crippen molar-refractivity contribution in [2.24, 2.45) is 5.92 Å². The Morgan fingerprint density at radius 2 is 1.87 bits per heavy atom. The molecular weight excluding hydrogens is 186 g/mol. The average molecular weight is 211 g/mol. The first kappa shape index (κ1) is 11.4. The second-order valence-electron chi connectivity index (χ2n) is 5.34. The topological polar surface area (TPSA) is 23.5 Å². The summed E-state index contributed by atoms with van der Waals surface area (Å²) >= 11 is 0. The van der Waals surface area contributed by atoms with Gasteiger partial charge in [-0.15, -0.1) is 0 Å². The summed E-state index contributed by atoms with van der Waals surface area (Å²) in [6.45, 7) is 4.64. The summed E-state index contributed by atoms with van der Waals surface area (Å²) in [6.07, 6.45) is 8.85. The van der Waals surface area contributed by atoms with E-state index in [0.29, 0.717) is 5.92 Å². The standard InChI is InChI=1S/C13H25NO/c1-2-9-14(12-7-8-12)10-11-5-3-4-6-13(11)15/h11-13,15H,2-10H2,1H3. The van der Waals surface area contributed by atoms with Crippen LogP contribution in [0.2, 0.25) is 0 Å². The van der Waals surface area contributed by atoms with E-state index >= 15 is 0 Å². The van der Waals surface area contributed by atoms with Gasteiger partial charge in [-0.3, -0.25) is 0 Å². The van der Waals surface area contributed by atoms with E-state index in [1.807, 2.05) is 0 Å². The van der Waals surface area contributed by atoms with Gasteiger partial charge in [-0.2, -0.15) is 0 Å². The van der Waals surface area contributed by atoms with E-state index in [1.54, 1.807) is 0 Å². The lowest BCUT2D eigenvalue weighted by Gasteiger charge is -2.33. The van der Waals surface area contributed by atoms with Crippen LogP contribution < -0.4 is 0 Å². The molecule has 0 aromatic carbocycles. The number of nitrogens with zero attached hydrogens (tertiary/aromatic N) is 1. The molecule has 2 saturated carbocycles. The van der Waals surface area contributed by atoms with Crippen LogP contribution in [0.3, 0.4) is 0 Å². The van der Waals surface area contributed by atoms with E-state index in [1.165, 1.54) is 45.1 Å². The van der Waals surface area contributed by atoms with Crippen LogP contribution in [0, 0.1) is 5.92 Å². The Balaban J connectivity index is 1.81. The van der Waals surface area contributed by atoms with Crippen molar-refractivity contribution in [2.45, 2.75) is 64.0 Å². The molecule has 2 nitrogen and oxygen atoms in total. The molecule has 0 radical (unpaired) electrons. The molecule has 2 fully saturated rings. The van der Waals surface area contributed by atoms with Crippen LogP contribution in [0.25, 0.3) is 0 Å². The van der Waals surface area contributed by atoms with Gasteiger partial charge in [-0.1, -0.05) is 19.8 Å². The fraction of sp³-hybridized carbons (Fsp3) is 1.00. The third kappa shape index (κ3) is 3.18. The Morgan fingerprint density at radius 3 is 2.47 bits per heavy atom. The predicted octanol–water partition coefficient (Wildman–Crippen LogP) is 2.41. The van der Waals surface area contributed by atoms with Crippen molar-refractivity contribution in [2.75, 3.05) is 13.1 Å². The molecule has 2 heteroatoms. The first-order valence-corrected chi connectivity index (χ1v) is 6.73. The lowest BCUT2D eigenvalue weighted by Crippen LogP contribution is -2.38.